The zero-order valence-corrected chi connectivity index (χ0v) is 50.6. The highest BCUT2D eigenvalue weighted by atomic mass is 127. The number of aliphatic hydroxyl groups excluding tert-OH is 1. The van der Waals surface area contributed by atoms with Crippen molar-refractivity contribution >= 4 is 44.4 Å². The first-order chi connectivity index (χ1) is 36.1. The second kappa shape index (κ2) is 26.9. The zero-order valence-electron chi connectivity index (χ0n) is 47.6. The van der Waals surface area contributed by atoms with Gasteiger partial charge in [0.1, 0.15) is 24.9 Å². The van der Waals surface area contributed by atoms with Crippen molar-refractivity contribution in [2.75, 3.05) is 74.4 Å². The Hall–Kier alpha value is -2.11. The Morgan fingerprint density at radius 2 is 1.73 bits per heavy atom. The van der Waals surface area contributed by atoms with Gasteiger partial charge in [-0.3, -0.25) is 14.5 Å². The van der Waals surface area contributed by atoms with Crippen LogP contribution in [-0.2, 0) is 59.2 Å². The number of esters is 1. The van der Waals surface area contributed by atoms with E-state index in [1.807, 2.05) is 32.7 Å². The summed E-state index contributed by atoms with van der Waals surface area (Å²) in [4.78, 5) is 32.9. The van der Waals surface area contributed by atoms with Crippen molar-refractivity contribution in [3.8, 4) is 0 Å². The fraction of sp³-hybridized carbons (Fsp3) is 0.852. The van der Waals surface area contributed by atoms with E-state index in [1.54, 1.807) is 66.1 Å². The Labute approximate surface area is 470 Å². The molecule has 77 heavy (non-hydrogen) atoms. The summed E-state index contributed by atoms with van der Waals surface area (Å²) in [5, 5.41) is 44.9. The smallest absolute Gasteiger partial charge is 0.309 e. The van der Waals surface area contributed by atoms with Crippen LogP contribution in [0.2, 0.25) is 0 Å². The molecule has 0 bridgehead atoms. The molecule has 0 spiro atoms. The second-order valence-corrected chi connectivity index (χ2v) is 26.9. The summed E-state index contributed by atoms with van der Waals surface area (Å²) in [5.41, 5.74) is -3.96. The monoisotopic (exact) mass is 1220 g/mol. The summed E-state index contributed by atoms with van der Waals surface area (Å²) < 4.78 is 87.9. The van der Waals surface area contributed by atoms with Crippen LogP contribution in [0.15, 0.2) is 29.3 Å². The van der Waals surface area contributed by atoms with Crippen molar-refractivity contribution in [1.82, 2.24) is 29.1 Å². The largest absolute Gasteiger partial charge is 0.459 e. The molecular weight excluding hydrogens is 1130 g/mol. The zero-order chi connectivity index (χ0) is 56.9. The lowest BCUT2D eigenvalue weighted by Gasteiger charge is -2.51. The van der Waals surface area contributed by atoms with Gasteiger partial charge in [0.25, 0.3) is 0 Å². The molecule has 19 atom stereocenters. The van der Waals surface area contributed by atoms with Gasteiger partial charge >= 0.3 is 5.97 Å². The number of aliphatic hydroxyl groups is 3. The Morgan fingerprint density at radius 1 is 1.04 bits per heavy atom. The molecule has 0 radical (unpaired) electrons. The number of cyclic esters (lactones) is 1. The molecule has 4 saturated heterocycles. The van der Waals surface area contributed by atoms with Crippen molar-refractivity contribution in [1.29, 1.82) is 0 Å². The third-order valence-electron chi connectivity index (χ3n) is 17.5. The number of hydrogen-bond donors (Lipinski definition) is 3. The predicted octanol–water partition coefficient (Wildman–Crippen LogP) is 4.43. The molecule has 1 aromatic rings. The third-order valence-corrected chi connectivity index (χ3v) is 20.2. The molecular formula is C54H90FIN6O14S. The first-order valence-corrected chi connectivity index (χ1v) is 30.2. The lowest BCUT2D eigenvalue weighted by atomic mass is 9.69. The summed E-state index contributed by atoms with van der Waals surface area (Å²) in [6.07, 6.45) is 3.08. The van der Waals surface area contributed by atoms with Crippen LogP contribution in [-0.4, -0.2) is 221 Å². The van der Waals surface area contributed by atoms with E-state index in [1.165, 1.54) is 30.1 Å². The standard InChI is InChI=1S/C54H90FIN6O14S/c1-14-44-54(9,67)48(63)35(5)60(11)30-38(56)27-52(7,66)50(33(3)46(34(4)51(65)75-44)43-28-53(8,71-13)49(64)36(6)74-43)76-45-26-40(25-32(2)73-45)59(10)20-19-39-31-62(58-57-39)42(29-55)47(70-12)37-15-17-41(18-16-37)77(68,69)61-21-23-72-24-22-61/h15,17-18,31-38,40,42-47,49-50,64,66-67H,14,16,19-30H2,1-13H3/t32-,33+,34-,35-,36+,37?,38-,40+,42-,43-,44-,45?,46?,47?,49+,50-,52-,53-,54-/m1/s1. The topological polar surface area (TPSA) is 234 Å². The number of morpholine rings is 1. The number of alkyl halides is 2. The molecule has 4 fully saturated rings. The maximum atomic E-state index is 15.0. The number of aromatic nitrogens is 3. The summed E-state index contributed by atoms with van der Waals surface area (Å²) in [7, 11) is 3.18. The van der Waals surface area contributed by atoms with Gasteiger partial charge in [-0.2, -0.15) is 4.31 Å². The number of halogens is 2. The molecule has 5 aliphatic rings. The minimum absolute atomic E-state index is 0.0410. The Kier molecular flexibility index (Phi) is 22.3. The summed E-state index contributed by atoms with van der Waals surface area (Å²) in [5.74, 6) is -3.72. The Bertz CT molecular complexity index is 2290. The van der Waals surface area contributed by atoms with Gasteiger partial charge in [-0.25, -0.2) is 17.5 Å². The van der Waals surface area contributed by atoms with Crippen LogP contribution in [0.1, 0.15) is 113 Å². The van der Waals surface area contributed by atoms with E-state index >= 15 is 0 Å². The number of sulfonamides is 1. The van der Waals surface area contributed by atoms with Crippen LogP contribution < -0.4 is 0 Å². The highest BCUT2D eigenvalue weighted by Crippen LogP contribution is 2.45. The van der Waals surface area contributed by atoms with E-state index < -0.39 is 118 Å². The van der Waals surface area contributed by atoms with E-state index in [2.05, 4.69) is 37.8 Å². The minimum Gasteiger partial charge on any atom is -0.459 e. The van der Waals surface area contributed by atoms with Gasteiger partial charge in [0.2, 0.25) is 10.0 Å². The first-order valence-electron chi connectivity index (χ1n) is 27.5. The van der Waals surface area contributed by atoms with Crippen molar-refractivity contribution in [3.63, 3.8) is 0 Å². The number of ether oxygens (including phenoxy) is 7. The number of rotatable bonds is 16. The number of allylic oxidation sites excluding steroid dienone is 2. The average Bonchev–Trinajstić information content (AvgIpc) is 3.88. The maximum Gasteiger partial charge on any atom is 0.309 e. The number of carbonyl (C=O) groups is 2. The minimum atomic E-state index is -3.68. The number of nitrogens with zero attached hydrogens (tertiary/aromatic N) is 6. The summed E-state index contributed by atoms with van der Waals surface area (Å²) >= 11 is 2.29. The van der Waals surface area contributed by atoms with Crippen LogP contribution in [0.25, 0.3) is 0 Å². The molecule has 5 heterocycles. The highest BCUT2D eigenvalue weighted by Gasteiger charge is 2.55. The fourth-order valence-corrected chi connectivity index (χ4v) is 15.5. The summed E-state index contributed by atoms with van der Waals surface area (Å²) in [6, 6.07) is -1.61. The van der Waals surface area contributed by atoms with Crippen LogP contribution in [0.4, 0.5) is 4.39 Å². The predicted molar refractivity (Wildman–Crippen MR) is 294 cm³/mol. The first kappa shape index (κ1) is 64.1. The molecule has 0 saturated carbocycles. The van der Waals surface area contributed by atoms with Crippen molar-refractivity contribution in [2.24, 2.45) is 23.7 Å². The number of ketones is 1. The van der Waals surface area contributed by atoms with Gasteiger partial charge in [0.05, 0.1) is 77.5 Å². The quantitative estimate of drug-likeness (QED) is 0.118. The lowest BCUT2D eigenvalue weighted by Crippen LogP contribution is -2.61. The van der Waals surface area contributed by atoms with E-state index in [0.29, 0.717) is 57.7 Å². The SMILES string of the molecule is CC[C@H]1OC(=O)[C@H](C)C([C@H]2C[C@@](C)(OC)[C@@H](O)[C@H](C)O2)[C@H](C)[C@@H](OC2C[C@@H](N(C)CCc3cn([C@H](CF)C(OC)C4C=CC(S(=O)(=O)N5CCOCC5)=CC4)nn3)C[C@@H](C)O2)[C@](C)(O)C[C@@H](I)CN(C)[C@H](C)C(=O)[C@]1(C)O. The van der Waals surface area contributed by atoms with Gasteiger partial charge < -0.3 is 53.4 Å². The van der Waals surface area contributed by atoms with E-state index in [9.17, 15) is 37.7 Å². The molecule has 4 unspecified atom stereocenters. The molecule has 20 nitrogen and oxygen atoms in total. The number of carbonyl (C=O) groups excluding carboxylic acids is 2. The maximum absolute atomic E-state index is 15.0. The molecule has 0 amide bonds. The van der Waals surface area contributed by atoms with E-state index in [4.69, 9.17) is 33.2 Å². The molecule has 1 aliphatic carbocycles. The third kappa shape index (κ3) is 14.8. The number of hydrogen-bond acceptors (Lipinski definition) is 18. The van der Waals surface area contributed by atoms with Gasteiger partial charge in [-0.1, -0.05) is 60.7 Å². The number of likely N-dealkylation sites (N-methyl/N-ethyl adjacent to an activating group) is 2. The van der Waals surface area contributed by atoms with E-state index in [0.717, 1.165) is 0 Å². The fourth-order valence-electron chi connectivity index (χ4n) is 12.5. The Balaban J connectivity index is 1.21. The van der Waals surface area contributed by atoms with Crippen molar-refractivity contribution < 1.29 is 70.9 Å². The number of Topliss-reactive ketones (excluding diaryl/α,β-unsaturated/α-hetero) is 1. The van der Waals surface area contributed by atoms with Crippen molar-refractivity contribution in [3.05, 3.63) is 35.0 Å². The van der Waals surface area contributed by atoms with E-state index in [-0.39, 0.29) is 59.2 Å². The summed E-state index contributed by atoms with van der Waals surface area (Å²) in [6.45, 7) is 17.3. The van der Waals surface area contributed by atoms with Gasteiger partial charge in [-0.05, 0) is 93.3 Å². The normalized spacial score (nSPS) is 39.9. The van der Waals surface area contributed by atoms with Crippen LogP contribution in [0.5, 0.6) is 0 Å². The lowest BCUT2D eigenvalue weighted by molar-refractivity contribution is -0.274. The van der Waals surface area contributed by atoms with Gasteiger partial charge in [0.15, 0.2) is 17.7 Å². The molecule has 440 valence electrons. The Morgan fingerprint density at radius 3 is 2.34 bits per heavy atom. The molecule has 6 rings (SSSR count). The average molecular weight is 1230 g/mol. The molecule has 4 aliphatic heterocycles. The van der Waals surface area contributed by atoms with Crippen LogP contribution in [0, 0.1) is 23.7 Å². The second-order valence-electron chi connectivity index (χ2n) is 23.2. The molecule has 1 aromatic heterocycles. The van der Waals surface area contributed by atoms with Gasteiger partial charge in [0, 0.05) is 87.7 Å². The van der Waals surface area contributed by atoms with Crippen LogP contribution >= 0.6 is 22.6 Å². The number of methoxy groups -OCH3 is 2. The van der Waals surface area contributed by atoms with Gasteiger partial charge in [-0.15, -0.1) is 5.10 Å². The molecule has 0 aromatic carbocycles. The molecule has 23 heteroatoms. The van der Waals surface area contributed by atoms with Crippen LogP contribution in [0.3, 0.4) is 0 Å². The van der Waals surface area contributed by atoms with Crippen molar-refractivity contribution in [2.45, 2.75) is 195 Å². The highest BCUT2D eigenvalue weighted by molar-refractivity contribution is 14.1. The molecule has 3 N–H and O–H groups in total.